The van der Waals surface area contributed by atoms with Gasteiger partial charge in [-0.05, 0) is 54.6 Å². The summed E-state index contributed by atoms with van der Waals surface area (Å²) >= 11 is 0. The van der Waals surface area contributed by atoms with Gasteiger partial charge in [0.05, 0.1) is 17.2 Å². The summed E-state index contributed by atoms with van der Waals surface area (Å²) in [5.41, 5.74) is 7.63. The van der Waals surface area contributed by atoms with Crippen LogP contribution in [0, 0.1) is 0 Å². The van der Waals surface area contributed by atoms with E-state index in [4.69, 9.17) is 19.4 Å². The van der Waals surface area contributed by atoms with E-state index in [2.05, 4.69) is 88.4 Å². The second kappa shape index (κ2) is 9.71. The molecule has 9 rings (SSSR count). The van der Waals surface area contributed by atoms with E-state index in [1.54, 1.807) is 12.4 Å². The summed E-state index contributed by atoms with van der Waals surface area (Å²) in [6, 6.07) is 43.6. The summed E-state index contributed by atoms with van der Waals surface area (Å²) in [7, 11) is 0. The molecular formula is C38H23N5O. The standard InChI is InChI=1S/C38H23N5O/c1-2-8-24(9-3-1)36-40-37(42-38(41-36)26-16-19-30-31-20-21-39-23-35(31)44-34(30)22-26)25-14-17-27(18-15-25)43-32-12-6-4-10-28(32)29-11-5-7-13-33(29)43/h1-23H. The van der Waals surface area contributed by atoms with E-state index in [0.29, 0.717) is 17.5 Å². The lowest BCUT2D eigenvalue weighted by Crippen LogP contribution is -2.00. The van der Waals surface area contributed by atoms with Crippen molar-refractivity contribution >= 4 is 43.7 Å². The van der Waals surface area contributed by atoms with Crippen LogP contribution in [0.1, 0.15) is 0 Å². The zero-order valence-corrected chi connectivity index (χ0v) is 23.4. The molecule has 206 valence electrons. The van der Waals surface area contributed by atoms with Crippen LogP contribution in [0.25, 0.3) is 83.6 Å². The van der Waals surface area contributed by atoms with Crippen LogP contribution in [-0.4, -0.2) is 24.5 Å². The molecule has 0 fully saturated rings. The molecule has 0 atom stereocenters. The number of fused-ring (bicyclic) bond motifs is 6. The molecule has 0 aliphatic carbocycles. The van der Waals surface area contributed by atoms with Crippen LogP contribution >= 0.6 is 0 Å². The highest BCUT2D eigenvalue weighted by Gasteiger charge is 2.16. The number of pyridine rings is 1. The van der Waals surface area contributed by atoms with Crippen molar-refractivity contribution in [2.24, 2.45) is 0 Å². The molecule has 0 aliphatic heterocycles. The average Bonchev–Trinajstić information content (AvgIpc) is 3.64. The van der Waals surface area contributed by atoms with E-state index in [-0.39, 0.29) is 0 Å². The highest BCUT2D eigenvalue weighted by atomic mass is 16.3. The maximum Gasteiger partial charge on any atom is 0.164 e. The molecule has 0 aliphatic rings. The predicted octanol–water partition coefficient (Wildman–Crippen LogP) is 9.26. The lowest BCUT2D eigenvalue weighted by atomic mass is 10.1. The van der Waals surface area contributed by atoms with E-state index in [1.165, 1.54) is 21.8 Å². The summed E-state index contributed by atoms with van der Waals surface area (Å²) in [6.07, 6.45) is 3.52. The topological polar surface area (TPSA) is 69.6 Å². The zero-order chi connectivity index (χ0) is 29.0. The van der Waals surface area contributed by atoms with Crippen molar-refractivity contribution in [2.75, 3.05) is 0 Å². The Hall–Kier alpha value is -6.14. The van der Waals surface area contributed by atoms with Crippen molar-refractivity contribution in [2.45, 2.75) is 0 Å². The molecule has 0 spiro atoms. The fourth-order valence-electron chi connectivity index (χ4n) is 6.08. The van der Waals surface area contributed by atoms with Gasteiger partial charge in [-0.3, -0.25) is 4.98 Å². The molecule has 0 saturated carbocycles. The fourth-order valence-corrected chi connectivity index (χ4v) is 6.08. The lowest BCUT2D eigenvalue weighted by Gasteiger charge is -2.10. The predicted molar refractivity (Wildman–Crippen MR) is 176 cm³/mol. The van der Waals surface area contributed by atoms with Crippen LogP contribution in [0.15, 0.2) is 144 Å². The SMILES string of the molecule is c1ccc(-c2nc(-c3ccc(-n4c5ccccc5c5ccccc54)cc3)nc(-c3ccc4c(c3)oc3cnccc34)n2)cc1. The molecule has 0 unspecified atom stereocenters. The maximum absolute atomic E-state index is 6.12. The van der Waals surface area contributed by atoms with Gasteiger partial charge >= 0.3 is 0 Å². The van der Waals surface area contributed by atoms with Gasteiger partial charge in [0.2, 0.25) is 0 Å². The van der Waals surface area contributed by atoms with Gasteiger partial charge in [0.25, 0.3) is 0 Å². The zero-order valence-electron chi connectivity index (χ0n) is 23.4. The molecule has 9 aromatic rings. The first-order chi connectivity index (χ1) is 21.8. The van der Waals surface area contributed by atoms with Gasteiger partial charge < -0.3 is 8.98 Å². The quantitative estimate of drug-likeness (QED) is 0.213. The summed E-state index contributed by atoms with van der Waals surface area (Å²) in [4.78, 5) is 19.0. The maximum atomic E-state index is 6.12. The molecule has 4 heterocycles. The smallest absolute Gasteiger partial charge is 0.164 e. The van der Waals surface area contributed by atoms with Gasteiger partial charge in [0, 0.05) is 50.1 Å². The third-order valence-corrected chi connectivity index (χ3v) is 8.17. The van der Waals surface area contributed by atoms with E-state index in [9.17, 15) is 0 Å². The van der Waals surface area contributed by atoms with Crippen LogP contribution in [0.2, 0.25) is 0 Å². The monoisotopic (exact) mass is 565 g/mol. The molecule has 5 aromatic carbocycles. The van der Waals surface area contributed by atoms with Crippen molar-refractivity contribution in [1.29, 1.82) is 0 Å². The summed E-state index contributed by atoms with van der Waals surface area (Å²) in [5, 5.41) is 4.54. The molecule has 0 amide bonds. The molecule has 0 bridgehead atoms. The van der Waals surface area contributed by atoms with Crippen LogP contribution in [0.4, 0.5) is 0 Å². The lowest BCUT2D eigenvalue weighted by molar-refractivity contribution is 0.667. The van der Waals surface area contributed by atoms with Crippen molar-refractivity contribution < 1.29 is 4.42 Å². The van der Waals surface area contributed by atoms with Crippen molar-refractivity contribution in [1.82, 2.24) is 24.5 Å². The number of para-hydroxylation sites is 2. The Balaban J connectivity index is 1.18. The van der Waals surface area contributed by atoms with Crippen LogP contribution < -0.4 is 0 Å². The molecule has 0 saturated heterocycles. The van der Waals surface area contributed by atoms with Gasteiger partial charge in [-0.15, -0.1) is 0 Å². The Bertz CT molecular complexity index is 2440. The Labute approximate surface area is 251 Å². The van der Waals surface area contributed by atoms with Gasteiger partial charge in [-0.1, -0.05) is 72.8 Å². The van der Waals surface area contributed by atoms with Gasteiger partial charge in [-0.2, -0.15) is 0 Å². The first kappa shape index (κ1) is 24.5. The minimum atomic E-state index is 0.584. The molecule has 0 radical (unpaired) electrons. The van der Waals surface area contributed by atoms with Crippen molar-refractivity contribution in [3.63, 3.8) is 0 Å². The van der Waals surface area contributed by atoms with Crippen molar-refractivity contribution in [3.05, 3.63) is 140 Å². The largest absolute Gasteiger partial charge is 0.454 e. The van der Waals surface area contributed by atoms with E-state index in [1.807, 2.05) is 48.5 Å². The second-order valence-electron chi connectivity index (χ2n) is 10.8. The van der Waals surface area contributed by atoms with Crippen LogP contribution in [0.5, 0.6) is 0 Å². The second-order valence-corrected chi connectivity index (χ2v) is 10.8. The Morgan fingerprint density at radius 1 is 0.455 bits per heavy atom. The normalized spacial score (nSPS) is 11.6. The third-order valence-electron chi connectivity index (χ3n) is 8.17. The number of aromatic nitrogens is 5. The Kier molecular flexibility index (Phi) is 5.40. The van der Waals surface area contributed by atoms with E-state index >= 15 is 0 Å². The number of hydrogen-bond donors (Lipinski definition) is 0. The van der Waals surface area contributed by atoms with Gasteiger partial charge in [0.15, 0.2) is 23.1 Å². The van der Waals surface area contributed by atoms with Gasteiger partial charge in [-0.25, -0.2) is 15.0 Å². The number of furan rings is 1. The molecule has 44 heavy (non-hydrogen) atoms. The first-order valence-electron chi connectivity index (χ1n) is 14.5. The number of hydrogen-bond acceptors (Lipinski definition) is 5. The highest BCUT2D eigenvalue weighted by molar-refractivity contribution is 6.09. The minimum absolute atomic E-state index is 0.584. The number of benzene rings is 5. The summed E-state index contributed by atoms with van der Waals surface area (Å²) in [6.45, 7) is 0. The Morgan fingerprint density at radius 2 is 1.02 bits per heavy atom. The summed E-state index contributed by atoms with van der Waals surface area (Å²) in [5.74, 6) is 1.81. The third kappa shape index (κ3) is 3.89. The van der Waals surface area contributed by atoms with Gasteiger partial charge in [0.1, 0.15) is 5.58 Å². The molecule has 4 aromatic heterocycles. The number of rotatable bonds is 4. The average molecular weight is 566 g/mol. The first-order valence-corrected chi connectivity index (χ1v) is 14.5. The fraction of sp³-hybridized carbons (Fsp3) is 0. The molecular weight excluding hydrogens is 542 g/mol. The molecule has 0 N–H and O–H groups in total. The van der Waals surface area contributed by atoms with E-state index < -0.39 is 0 Å². The molecule has 6 heteroatoms. The van der Waals surface area contributed by atoms with Crippen LogP contribution in [0.3, 0.4) is 0 Å². The van der Waals surface area contributed by atoms with Crippen LogP contribution in [-0.2, 0) is 0 Å². The number of nitrogens with zero attached hydrogens (tertiary/aromatic N) is 5. The molecule has 6 nitrogen and oxygen atoms in total. The summed E-state index contributed by atoms with van der Waals surface area (Å²) < 4.78 is 8.42. The van der Waals surface area contributed by atoms with Crippen molar-refractivity contribution in [3.8, 4) is 39.9 Å². The van der Waals surface area contributed by atoms with E-state index in [0.717, 1.165) is 44.3 Å². The Morgan fingerprint density at radius 3 is 1.73 bits per heavy atom. The highest BCUT2D eigenvalue weighted by Crippen LogP contribution is 2.34. The minimum Gasteiger partial charge on any atom is -0.454 e.